The number of nitrogens with one attached hydrogen (secondary N) is 1. The molecule has 2 saturated heterocycles. The first-order chi connectivity index (χ1) is 10.3. The van der Waals surface area contributed by atoms with Gasteiger partial charge in [-0.15, -0.1) is 24.8 Å². The van der Waals surface area contributed by atoms with Crippen LogP contribution in [-0.4, -0.2) is 41.5 Å². The van der Waals surface area contributed by atoms with Crippen molar-refractivity contribution in [2.75, 3.05) is 19.6 Å². The van der Waals surface area contributed by atoms with Gasteiger partial charge in [0.2, 0.25) is 0 Å². The molecule has 0 aliphatic carbocycles. The Hall–Kier alpha value is -1.36. The Kier molecular flexibility index (Phi) is 5.84. The van der Waals surface area contributed by atoms with Crippen molar-refractivity contribution >= 4 is 41.5 Å². The average Bonchev–Trinajstić information content (AvgIpc) is 3.01. The molecule has 6 heteroatoms. The summed E-state index contributed by atoms with van der Waals surface area (Å²) in [6, 6.07) is 10.5. The molecule has 0 saturated carbocycles. The number of piperidine rings is 1. The quantitative estimate of drug-likeness (QED) is 0.857. The first-order valence-corrected chi connectivity index (χ1v) is 7.69. The van der Waals surface area contributed by atoms with Gasteiger partial charge in [0.25, 0.3) is 5.91 Å². The van der Waals surface area contributed by atoms with Crippen LogP contribution in [0.3, 0.4) is 0 Å². The van der Waals surface area contributed by atoms with Crippen molar-refractivity contribution in [1.82, 2.24) is 15.2 Å². The molecule has 3 heterocycles. The first kappa shape index (κ1) is 18.0. The lowest BCUT2D eigenvalue weighted by atomic mass is 9.93. The molecule has 2 aromatic rings. The van der Waals surface area contributed by atoms with Crippen LogP contribution < -0.4 is 5.32 Å². The van der Waals surface area contributed by atoms with E-state index >= 15 is 0 Å². The summed E-state index contributed by atoms with van der Waals surface area (Å²) >= 11 is 0. The zero-order valence-electron chi connectivity index (χ0n) is 12.8. The predicted octanol–water partition coefficient (Wildman–Crippen LogP) is 2.90. The minimum absolute atomic E-state index is 0. The van der Waals surface area contributed by atoms with Crippen molar-refractivity contribution in [1.29, 1.82) is 0 Å². The number of carbonyl (C=O) groups excluding carboxylic acids is 1. The van der Waals surface area contributed by atoms with Crippen LogP contribution in [0.15, 0.2) is 36.5 Å². The molecule has 124 valence electrons. The Morgan fingerprint density at radius 3 is 2.87 bits per heavy atom. The van der Waals surface area contributed by atoms with E-state index in [1.165, 1.54) is 6.42 Å². The van der Waals surface area contributed by atoms with Crippen LogP contribution in [0, 0.1) is 5.92 Å². The molecule has 1 N–H and O–H groups in total. The minimum atomic E-state index is 0. The number of nitrogens with zero attached hydrogens (tertiary/aromatic N) is 2. The molecule has 2 aliphatic rings. The zero-order valence-corrected chi connectivity index (χ0v) is 14.4. The van der Waals surface area contributed by atoms with E-state index in [-0.39, 0.29) is 30.7 Å². The van der Waals surface area contributed by atoms with Crippen LogP contribution >= 0.6 is 24.8 Å². The van der Waals surface area contributed by atoms with Crippen LogP contribution in [0.4, 0.5) is 0 Å². The Balaban J connectivity index is 0.000000960. The fourth-order valence-electron chi connectivity index (χ4n) is 3.67. The van der Waals surface area contributed by atoms with Crippen LogP contribution in [0.5, 0.6) is 0 Å². The number of aromatic nitrogens is 1. The Morgan fingerprint density at radius 1 is 1.17 bits per heavy atom. The summed E-state index contributed by atoms with van der Waals surface area (Å²) in [6.45, 7) is 2.78. The van der Waals surface area contributed by atoms with Crippen molar-refractivity contribution in [3.8, 4) is 0 Å². The van der Waals surface area contributed by atoms with Crippen LogP contribution in [0.1, 0.15) is 23.3 Å². The minimum Gasteiger partial charge on any atom is -0.337 e. The fraction of sp³-hybridized carbons (Fsp3) is 0.412. The van der Waals surface area contributed by atoms with E-state index in [0.717, 1.165) is 36.8 Å². The topological polar surface area (TPSA) is 45.2 Å². The molecule has 1 aromatic carbocycles. The highest BCUT2D eigenvalue weighted by atomic mass is 35.5. The number of hydrogen-bond acceptors (Lipinski definition) is 3. The summed E-state index contributed by atoms with van der Waals surface area (Å²) in [6.07, 6.45) is 3.97. The third kappa shape index (κ3) is 3.30. The Bertz CT molecular complexity index is 689. The highest BCUT2D eigenvalue weighted by molar-refractivity contribution is 6.05. The summed E-state index contributed by atoms with van der Waals surface area (Å²) in [7, 11) is 0. The summed E-state index contributed by atoms with van der Waals surface area (Å²) < 4.78 is 0. The number of hydrogen-bond donors (Lipinski definition) is 1. The predicted molar refractivity (Wildman–Crippen MR) is 96.7 cm³/mol. The lowest BCUT2D eigenvalue weighted by molar-refractivity contribution is 0.0658. The van der Waals surface area contributed by atoms with Crippen LogP contribution in [0.25, 0.3) is 10.8 Å². The van der Waals surface area contributed by atoms with E-state index in [9.17, 15) is 4.79 Å². The van der Waals surface area contributed by atoms with Gasteiger partial charge in [-0.3, -0.25) is 9.78 Å². The second kappa shape index (κ2) is 7.47. The van der Waals surface area contributed by atoms with Crippen molar-refractivity contribution in [2.45, 2.75) is 18.9 Å². The molecular weight excluding hydrogens is 333 g/mol. The van der Waals surface area contributed by atoms with Gasteiger partial charge in [-0.2, -0.15) is 0 Å². The van der Waals surface area contributed by atoms with E-state index in [4.69, 9.17) is 0 Å². The van der Waals surface area contributed by atoms with E-state index in [2.05, 4.69) is 10.3 Å². The first-order valence-electron chi connectivity index (χ1n) is 7.69. The van der Waals surface area contributed by atoms with Crippen molar-refractivity contribution < 1.29 is 4.79 Å². The molecule has 0 radical (unpaired) electrons. The lowest BCUT2D eigenvalue weighted by Crippen LogP contribution is -2.47. The molecule has 2 atom stereocenters. The van der Waals surface area contributed by atoms with Gasteiger partial charge in [0, 0.05) is 30.7 Å². The number of pyridine rings is 1. The van der Waals surface area contributed by atoms with Gasteiger partial charge >= 0.3 is 0 Å². The number of amides is 1. The lowest BCUT2D eigenvalue weighted by Gasteiger charge is -2.34. The van der Waals surface area contributed by atoms with Crippen molar-refractivity contribution in [3.63, 3.8) is 0 Å². The molecule has 2 aliphatic heterocycles. The standard InChI is InChI=1S/C17H19N3O.2ClH/c21-17(20-10-7-15-13(11-20)6-8-18-15)16-14-4-2-1-3-12(14)5-9-19-16;;/h1-5,9,13,15,18H,6-8,10-11H2;2*1H. The largest absolute Gasteiger partial charge is 0.337 e. The summed E-state index contributed by atoms with van der Waals surface area (Å²) in [4.78, 5) is 19.2. The van der Waals surface area contributed by atoms with Crippen molar-refractivity contribution in [3.05, 3.63) is 42.2 Å². The van der Waals surface area contributed by atoms with E-state index in [1.807, 2.05) is 35.2 Å². The monoisotopic (exact) mass is 353 g/mol. The summed E-state index contributed by atoms with van der Waals surface area (Å²) in [5.74, 6) is 0.690. The Labute approximate surface area is 148 Å². The highest BCUT2D eigenvalue weighted by Crippen LogP contribution is 2.26. The Morgan fingerprint density at radius 2 is 2.00 bits per heavy atom. The molecule has 1 aromatic heterocycles. The van der Waals surface area contributed by atoms with E-state index in [1.54, 1.807) is 6.20 Å². The molecule has 2 fully saturated rings. The van der Waals surface area contributed by atoms with Gasteiger partial charge in [0.15, 0.2) is 0 Å². The van der Waals surface area contributed by atoms with Gasteiger partial charge in [-0.1, -0.05) is 24.3 Å². The SMILES string of the molecule is Cl.Cl.O=C(c1nccc2ccccc12)N1CCC2NCCC2C1. The molecule has 23 heavy (non-hydrogen) atoms. The molecule has 1 amide bonds. The molecule has 0 bridgehead atoms. The van der Waals surface area contributed by atoms with Gasteiger partial charge in [-0.05, 0) is 36.8 Å². The number of likely N-dealkylation sites (tertiary alicyclic amines) is 1. The van der Waals surface area contributed by atoms with Gasteiger partial charge < -0.3 is 10.2 Å². The van der Waals surface area contributed by atoms with Crippen molar-refractivity contribution in [2.24, 2.45) is 5.92 Å². The number of rotatable bonds is 1. The number of halogens is 2. The van der Waals surface area contributed by atoms with E-state index in [0.29, 0.717) is 17.7 Å². The van der Waals surface area contributed by atoms with Gasteiger partial charge in [0.05, 0.1) is 0 Å². The molecule has 0 spiro atoms. The van der Waals surface area contributed by atoms with Gasteiger partial charge in [-0.25, -0.2) is 0 Å². The second-order valence-electron chi connectivity index (χ2n) is 6.03. The summed E-state index contributed by atoms with van der Waals surface area (Å²) in [5, 5.41) is 5.57. The normalized spacial score (nSPS) is 22.9. The van der Waals surface area contributed by atoms with Crippen LogP contribution in [-0.2, 0) is 0 Å². The zero-order chi connectivity index (χ0) is 14.2. The third-order valence-electron chi connectivity index (χ3n) is 4.82. The van der Waals surface area contributed by atoms with Crippen LogP contribution in [0.2, 0.25) is 0 Å². The highest BCUT2D eigenvalue weighted by Gasteiger charge is 2.35. The average molecular weight is 354 g/mol. The summed E-state index contributed by atoms with van der Waals surface area (Å²) in [5.41, 5.74) is 0.595. The molecule has 4 rings (SSSR count). The number of fused-ring (bicyclic) bond motifs is 2. The number of benzene rings is 1. The molecular formula is C17H21Cl2N3O. The molecule has 4 nitrogen and oxygen atoms in total. The number of carbonyl (C=O) groups is 1. The third-order valence-corrected chi connectivity index (χ3v) is 4.82. The fourth-order valence-corrected chi connectivity index (χ4v) is 3.67. The smallest absolute Gasteiger partial charge is 0.273 e. The second-order valence-corrected chi connectivity index (χ2v) is 6.03. The maximum absolute atomic E-state index is 12.8. The maximum Gasteiger partial charge on any atom is 0.273 e. The van der Waals surface area contributed by atoms with Gasteiger partial charge in [0.1, 0.15) is 5.69 Å². The molecule has 2 unspecified atom stereocenters. The maximum atomic E-state index is 12.8. The van der Waals surface area contributed by atoms with E-state index < -0.39 is 0 Å².